The number of carbonyl (C=O) groups is 2. The van der Waals surface area contributed by atoms with Crippen LogP contribution < -0.4 is 5.32 Å². The van der Waals surface area contributed by atoms with Crippen molar-refractivity contribution >= 4 is 11.9 Å². The van der Waals surface area contributed by atoms with E-state index in [0.717, 1.165) is 0 Å². The van der Waals surface area contributed by atoms with E-state index in [1.165, 1.54) is 20.2 Å². The number of esters is 1. The van der Waals surface area contributed by atoms with Gasteiger partial charge in [0.1, 0.15) is 0 Å². The highest BCUT2D eigenvalue weighted by Crippen LogP contribution is 2.07. The predicted molar refractivity (Wildman–Crippen MR) is 65.9 cm³/mol. The zero-order chi connectivity index (χ0) is 13.5. The average Bonchev–Trinajstić information content (AvgIpc) is 2.33. The van der Waals surface area contributed by atoms with Crippen LogP contribution in [-0.2, 0) is 9.53 Å². The molecule has 5 nitrogen and oxygen atoms in total. The van der Waals surface area contributed by atoms with Crippen molar-refractivity contribution in [3.8, 4) is 11.8 Å². The summed E-state index contributed by atoms with van der Waals surface area (Å²) in [4.78, 5) is 25.9. The van der Waals surface area contributed by atoms with Crippen LogP contribution in [0, 0.1) is 18.8 Å². The van der Waals surface area contributed by atoms with Crippen LogP contribution in [0.25, 0.3) is 0 Å². The lowest BCUT2D eigenvalue weighted by molar-refractivity contribution is -0.118. The van der Waals surface area contributed by atoms with Crippen LogP contribution >= 0.6 is 0 Å². The van der Waals surface area contributed by atoms with E-state index in [-0.39, 0.29) is 18.1 Å². The molecule has 0 aliphatic rings. The van der Waals surface area contributed by atoms with E-state index in [9.17, 15) is 9.59 Å². The molecule has 1 aromatic rings. The van der Waals surface area contributed by atoms with Crippen molar-refractivity contribution in [2.75, 3.05) is 13.7 Å². The molecule has 0 saturated carbocycles. The highest BCUT2D eigenvalue weighted by molar-refractivity contribution is 5.88. The number of carbonyl (C=O) groups excluding carboxylic acids is 2. The third kappa shape index (κ3) is 3.91. The lowest BCUT2D eigenvalue weighted by atomic mass is 10.1. The fourth-order valence-electron chi connectivity index (χ4n) is 1.27. The van der Waals surface area contributed by atoms with Gasteiger partial charge in [0.2, 0.25) is 5.91 Å². The lowest BCUT2D eigenvalue weighted by Crippen LogP contribution is -2.19. The fraction of sp³-hybridized carbons (Fsp3) is 0.308. The quantitative estimate of drug-likeness (QED) is 0.615. The number of nitrogens with one attached hydrogen (secondary N) is 1. The number of nitrogens with zero attached hydrogens (tertiary/aromatic N) is 1. The number of methoxy groups -OCH3 is 1. The predicted octanol–water partition coefficient (Wildman–Crippen LogP) is 0.664. The summed E-state index contributed by atoms with van der Waals surface area (Å²) in [5.74, 6) is 5.04. The van der Waals surface area contributed by atoms with Gasteiger partial charge < -0.3 is 10.1 Å². The highest BCUT2D eigenvalue weighted by atomic mass is 16.5. The number of rotatable bonds is 2. The molecule has 1 N–H and O–H groups in total. The van der Waals surface area contributed by atoms with Gasteiger partial charge in [-0.2, -0.15) is 0 Å². The normalized spacial score (nSPS) is 9.06. The fourth-order valence-corrected chi connectivity index (χ4v) is 1.27. The number of amides is 1. The molecule has 5 heteroatoms. The molecular formula is C13H14N2O3. The van der Waals surface area contributed by atoms with Crippen LogP contribution in [0.2, 0.25) is 0 Å². The van der Waals surface area contributed by atoms with Gasteiger partial charge in [-0.15, -0.1) is 0 Å². The van der Waals surface area contributed by atoms with Gasteiger partial charge in [-0.1, -0.05) is 11.8 Å². The van der Waals surface area contributed by atoms with Gasteiger partial charge in [0.15, 0.2) is 5.69 Å². The first-order valence-electron chi connectivity index (χ1n) is 5.33. The molecule has 0 bridgehead atoms. The summed E-state index contributed by atoms with van der Waals surface area (Å²) in [6.07, 6.45) is 1.50. The van der Waals surface area contributed by atoms with Gasteiger partial charge >= 0.3 is 5.97 Å². The summed E-state index contributed by atoms with van der Waals surface area (Å²) in [6, 6.07) is 1.75. The molecule has 0 saturated heterocycles. The first-order chi connectivity index (χ1) is 8.54. The Hall–Kier alpha value is -2.35. The second-order valence-corrected chi connectivity index (χ2v) is 3.59. The standard InChI is InChI=1S/C13H14N2O3/c1-9-7-11(5-4-6-14-10(2)16)8-15-12(9)13(17)18-3/h7-8H,6H2,1-3H3,(H,14,16). The molecule has 1 rings (SSSR count). The molecule has 0 unspecified atom stereocenters. The Morgan fingerprint density at radius 1 is 1.50 bits per heavy atom. The van der Waals surface area contributed by atoms with E-state index in [1.54, 1.807) is 13.0 Å². The molecule has 0 aromatic carbocycles. The number of hydrogen-bond donors (Lipinski definition) is 1. The Bertz CT molecular complexity index is 527. The molecule has 1 amide bonds. The summed E-state index contributed by atoms with van der Waals surface area (Å²) in [6.45, 7) is 3.48. The highest BCUT2D eigenvalue weighted by Gasteiger charge is 2.10. The minimum atomic E-state index is -0.467. The smallest absolute Gasteiger partial charge is 0.356 e. The van der Waals surface area contributed by atoms with E-state index in [4.69, 9.17) is 0 Å². The van der Waals surface area contributed by atoms with E-state index < -0.39 is 5.97 Å². The Kier molecular flexibility index (Phi) is 4.88. The van der Waals surface area contributed by atoms with Gasteiger partial charge in [0.05, 0.1) is 13.7 Å². The van der Waals surface area contributed by atoms with Crippen LogP contribution in [0.4, 0.5) is 0 Å². The second kappa shape index (κ2) is 6.40. The largest absolute Gasteiger partial charge is 0.464 e. The molecule has 1 aromatic heterocycles. The summed E-state index contributed by atoms with van der Waals surface area (Å²) in [5.41, 5.74) is 1.67. The maximum Gasteiger partial charge on any atom is 0.356 e. The number of aromatic nitrogens is 1. The monoisotopic (exact) mass is 246 g/mol. The summed E-state index contributed by atoms with van der Waals surface area (Å²) >= 11 is 0. The van der Waals surface area contributed by atoms with E-state index in [2.05, 4.69) is 26.9 Å². The maximum absolute atomic E-state index is 11.3. The summed E-state index contributed by atoms with van der Waals surface area (Å²) < 4.78 is 4.60. The number of pyridine rings is 1. The van der Waals surface area contributed by atoms with Gasteiger partial charge in [-0.05, 0) is 18.6 Å². The van der Waals surface area contributed by atoms with Crippen LogP contribution in [0.5, 0.6) is 0 Å². The van der Waals surface area contributed by atoms with Crippen LogP contribution in [0.1, 0.15) is 28.5 Å². The van der Waals surface area contributed by atoms with E-state index >= 15 is 0 Å². The average molecular weight is 246 g/mol. The van der Waals surface area contributed by atoms with Crippen molar-refractivity contribution in [3.63, 3.8) is 0 Å². The summed E-state index contributed by atoms with van der Waals surface area (Å²) in [5, 5.41) is 2.56. The van der Waals surface area contributed by atoms with Crippen molar-refractivity contribution in [1.82, 2.24) is 10.3 Å². The minimum Gasteiger partial charge on any atom is -0.464 e. The van der Waals surface area contributed by atoms with Crippen molar-refractivity contribution in [2.24, 2.45) is 0 Å². The lowest BCUT2D eigenvalue weighted by Gasteiger charge is -2.02. The summed E-state index contributed by atoms with van der Waals surface area (Å²) in [7, 11) is 1.31. The molecule has 0 fully saturated rings. The first-order valence-corrected chi connectivity index (χ1v) is 5.33. The van der Waals surface area contributed by atoms with Crippen LogP contribution in [0.15, 0.2) is 12.3 Å². The molecule has 94 valence electrons. The molecule has 0 radical (unpaired) electrons. The Balaban J connectivity index is 2.78. The zero-order valence-corrected chi connectivity index (χ0v) is 10.5. The number of aryl methyl sites for hydroxylation is 1. The van der Waals surface area contributed by atoms with Crippen molar-refractivity contribution in [2.45, 2.75) is 13.8 Å². The number of ether oxygens (including phenoxy) is 1. The number of hydrogen-bond acceptors (Lipinski definition) is 4. The van der Waals surface area contributed by atoms with Crippen LogP contribution in [0.3, 0.4) is 0 Å². The van der Waals surface area contributed by atoms with Crippen molar-refractivity contribution in [1.29, 1.82) is 0 Å². The molecule has 18 heavy (non-hydrogen) atoms. The molecule has 0 spiro atoms. The zero-order valence-electron chi connectivity index (χ0n) is 10.5. The topological polar surface area (TPSA) is 68.3 Å². The van der Waals surface area contributed by atoms with E-state index in [1.807, 2.05) is 0 Å². The Labute approximate surface area is 106 Å². The molecule has 1 heterocycles. The molecule has 0 atom stereocenters. The van der Waals surface area contributed by atoms with Gasteiger partial charge in [-0.3, -0.25) is 4.79 Å². The van der Waals surface area contributed by atoms with Crippen molar-refractivity contribution in [3.05, 3.63) is 29.1 Å². The molecule has 0 aliphatic carbocycles. The maximum atomic E-state index is 11.3. The van der Waals surface area contributed by atoms with Gasteiger partial charge in [0.25, 0.3) is 0 Å². The van der Waals surface area contributed by atoms with Crippen LogP contribution in [-0.4, -0.2) is 30.5 Å². The Morgan fingerprint density at radius 2 is 2.22 bits per heavy atom. The molecule has 0 aliphatic heterocycles. The Morgan fingerprint density at radius 3 is 2.78 bits per heavy atom. The third-order valence-electron chi connectivity index (χ3n) is 2.12. The third-order valence-corrected chi connectivity index (χ3v) is 2.12. The minimum absolute atomic E-state index is 0.125. The van der Waals surface area contributed by atoms with Gasteiger partial charge in [-0.25, -0.2) is 9.78 Å². The van der Waals surface area contributed by atoms with Gasteiger partial charge in [0, 0.05) is 18.7 Å². The SMILES string of the molecule is COC(=O)c1ncc(C#CCNC(C)=O)cc1C. The first kappa shape index (κ1) is 13.7. The second-order valence-electron chi connectivity index (χ2n) is 3.59. The van der Waals surface area contributed by atoms with E-state index in [0.29, 0.717) is 11.1 Å². The van der Waals surface area contributed by atoms with Crippen molar-refractivity contribution < 1.29 is 14.3 Å². The molecular weight excluding hydrogens is 232 g/mol.